The van der Waals surface area contributed by atoms with Crippen molar-refractivity contribution < 1.29 is 23.9 Å². The zero-order valence-electron chi connectivity index (χ0n) is 18.4. The standard InChI is InChI=1S/C23H24N4O5S/c1-31-18-8-7-14(11-19(18)32-2)17-12-15(20-6-4-10-33-20)24-27(17)21(28)13-26-22(29)16-5-3-9-25(16)23(26)30/h4,6-8,10-11,16-17H,3,5,9,12-13H2,1-2H3. The molecule has 0 bridgehead atoms. The number of amides is 4. The Balaban J connectivity index is 1.44. The zero-order valence-corrected chi connectivity index (χ0v) is 19.2. The summed E-state index contributed by atoms with van der Waals surface area (Å²) in [5.74, 6) is 0.447. The van der Waals surface area contributed by atoms with Crippen LogP contribution in [0.1, 0.15) is 35.7 Å². The maximum absolute atomic E-state index is 13.4. The van der Waals surface area contributed by atoms with Crippen LogP contribution in [-0.4, -0.2) is 71.7 Å². The van der Waals surface area contributed by atoms with Gasteiger partial charge in [0.25, 0.3) is 11.8 Å². The molecule has 2 aromatic rings. The van der Waals surface area contributed by atoms with Gasteiger partial charge in [-0.05, 0) is 42.0 Å². The molecule has 0 N–H and O–H groups in total. The largest absolute Gasteiger partial charge is 0.493 e. The minimum atomic E-state index is -0.435. The van der Waals surface area contributed by atoms with Crippen molar-refractivity contribution >= 4 is 34.9 Å². The Morgan fingerprint density at radius 3 is 2.67 bits per heavy atom. The molecule has 5 rings (SSSR count). The van der Waals surface area contributed by atoms with Crippen LogP contribution in [0.25, 0.3) is 0 Å². The van der Waals surface area contributed by atoms with E-state index in [0.29, 0.717) is 30.9 Å². The summed E-state index contributed by atoms with van der Waals surface area (Å²) >= 11 is 1.55. The number of hydrogen-bond acceptors (Lipinski definition) is 7. The van der Waals surface area contributed by atoms with E-state index in [4.69, 9.17) is 9.47 Å². The molecule has 0 aliphatic carbocycles. The molecular weight excluding hydrogens is 444 g/mol. The van der Waals surface area contributed by atoms with Crippen LogP contribution in [0.5, 0.6) is 11.5 Å². The Kier molecular flexibility index (Phi) is 5.53. The average molecular weight is 469 g/mol. The SMILES string of the molecule is COc1ccc(C2CC(c3cccs3)=NN2C(=O)CN2C(=O)C3CCCN3C2=O)cc1OC. The second-order valence-corrected chi connectivity index (χ2v) is 9.10. The van der Waals surface area contributed by atoms with E-state index >= 15 is 0 Å². The van der Waals surface area contributed by atoms with Crippen molar-refractivity contribution in [1.82, 2.24) is 14.8 Å². The van der Waals surface area contributed by atoms with Crippen molar-refractivity contribution in [1.29, 1.82) is 0 Å². The lowest BCUT2D eigenvalue weighted by Crippen LogP contribution is -2.42. The third kappa shape index (κ3) is 3.64. The summed E-state index contributed by atoms with van der Waals surface area (Å²) in [5.41, 5.74) is 1.62. The van der Waals surface area contributed by atoms with Crippen molar-refractivity contribution in [2.75, 3.05) is 27.3 Å². The molecule has 1 aromatic carbocycles. The van der Waals surface area contributed by atoms with Crippen LogP contribution in [0.3, 0.4) is 0 Å². The first-order valence-corrected chi connectivity index (χ1v) is 11.7. The normalized spacial score (nSPS) is 22.1. The maximum atomic E-state index is 13.4. The number of carbonyl (C=O) groups is 3. The van der Waals surface area contributed by atoms with Gasteiger partial charge in [0.05, 0.1) is 30.9 Å². The predicted octanol–water partition coefficient (Wildman–Crippen LogP) is 2.87. The molecular formula is C23H24N4O5S. The number of fused-ring (bicyclic) bond motifs is 1. The van der Waals surface area contributed by atoms with Gasteiger partial charge in [-0.15, -0.1) is 11.3 Å². The van der Waals surface area contributed by atoms with E-state index in [2.05, 4.69) is 5.10 Å². The number of carbonyl (C=O) groups excluding carboxylic acids is 3. The highest BCUT2D eigenvalue weighted by atomic mass is 32.1. The average Bonchev–Trinajstić information content (AvgIpc) is 3.62. The Morgan fingerprint density at radius 2 is 1.97 bits per heavy atom. The van der Waals surface area contributed by atoms with Crippen LogP contribution < -0.4 is 9.47 Å². The summed E-state index contributed by atoms with van der Waals surface area (Å²) in [6.45, 7) is 0.230. The number of hydrazone groups is 1. The summed E-state index contributed by atoms with van der Waals surface area (Å²) in [4.78, 5) is 42.4. The minimum absolute atomic E-state index is 0.296. The van der Waals surface area contributed by atoms with Gasteiger partial charge in [0.1, 0.15) is 12.6 Å². The van der Waals surface area contributed by atoms with Crippen molar-refractivity contribution in [3.63, 3.8) is 0 Å². The zero-order chi connectivity index (χ0) is 23.1. The molecule has 2 fully saturated rings. The first kappa shape index (κ1) is 21.4. The fraction of sp³-hybridized carbons (Fsp3) is 0.391. The van der Waals surface area contributed by atoms with E-state index < -0.39 is 11.9 Å². The molecule has 2 saturated heterocycles. The van der Waals surface area contributed by atoms with Gasteiger partial charge in [-0.25, -0.2) is 9.80 Å². The van der Waals surface area contributed by atoms with E-state index in [1.807, 2.05) is 29.6 Å². The second-order valence-electron chi connectivity index (χ2n) is 8.16. The summed E-state index contributed by atoms with van der Waals surface area (Å²) in [5, 5.41) is 7.99. The number of rotatable bonds is 6. The monoisotopic (exact) mass is 468 g/mol. The highest BCUT2D eigenvalue weighted by Crippen LogP contribution is 2.38. The predicted molar refractivity (Wildman–Crippen MR) is 121 cm³/mol. The summed E-state index contributed by atoms with van der Waals surface area (Å²) in [6.07, 6.45) is 1.97. The van der Waals surface area contributed by atoms with Gasteiger partial charge in [-0.1, -0.05) is 12.1 Å². The van der Waals surface area contributed by atoms with Gasteiger partial charge in [0.15, 0.2) is 11.5 Å². The molecule has 172 valence electrons. The molecule has 10 heteroatoms. The lowest BCUT2D eigenvalue weighted by molar-refractivity contribution is -0.138. The summed E-state index contributed by atoms with van der Waals surface area (Å²) in [6, 6.07) is 8.19. The first-order valence-electron chi connectivity index (χ1n) is 10.8. The molecule has 1 aromatic heterocycles. The van der Waals surface area contributed by atoms with Crippen LogP contribution in [0, 0.1) is 0 Å². The number of thiophene rings is 1. The molecule has 3 aliphatic rings. The van der Waals surface area contributed by atoms with Gasteiger partial charge in [0, 0.05) is 13.0 Å². The fourth-order valence-corrected chi connectivity index (χ4v) is 5.41. The third-order valence-electron chi connectivity index (χ3n) is 6.34. The molecule has 4 heterocycles. The Labute approximate surface area is 195 Å². The van der Waals surface area contributed by atoms with Gasteiger partial charge in [-0.3, -0.25) is 14.5 Å². The van der Waals surface area contributed by atoms with Gasteiger partial charge in [-0.2, -0.15) is 5.10 Å². The van der Waals surface area contributed by atoms with E-state index in [9.17, 15) is 14.4 Å². The topological polar surface area (TPSA) is 91.8 Å². The molecule has 33 heavy (non-hydrogen) atoms. The van der Waals surface area contributed by atoms with Crippen molar-refractivity contribution in [3.05, 3.63) is 46.2 Å². The molecule has 2 unspecified atom stereocenters. The Hall–Kier alpha value is -3.40. The molecule has 3 aliphatic heterocycles. The quantitative estimate of drug-likeness (QED) is 0.608. The fourth-order valence-electron chi connectivity index (χ4n) is 4.69. The van der Waals surface area contributed by atoms with Crippen molar-refractivity contribution in [3.8, 4) is 11.5 Å². The van der Waals surface area contributed by atoms with Crippen molar-refractivity contribution in [2.24, 2.45) is 5.10 Å². The van der Waals surface area contributed by atoms with E-state index in [1.165, 1.54) is 5.01 Å². The minimum Gasteiger partial charge on any atom is -0.493 e. The maximum Gasteiger partial charge on any atom is 0.327 e. The highest BCUT2D eigenvalue weighted by molar-refractivity contribution is 7.12. The van der Waals surface area contributed by atoms with Gasteiger partial charge < -0.3 is 14.4 Å². The van der Waals surface area contributed by atoms with Crippen molar-refractivity contribution in [2.45, 2.75) is 31.3 Å². The smallest absolute Gasteiger partial charge is 0.327 e. The molecule has 0 spiro atoms. The summed E-state index contributed by atoms with van der Waals surface area (Å²) < 4.78 is 10.8. The number of urea groups is 1. The van der Waals surface area contributed by atoms with Gasteiger partial charge >= 0.3 is 6.03 Å². The number of benzene rings is 1. The molecule has 2 atom stereocenters. The number of methoxy groups -OCH3 is 2. The first-order chi connectivity index (χ1) is 16.0. The van der Waals surface area contributed by atoms with Gasteiger partial charge in [0.2, 0.25) is 0 Å². The van der Waals surface area contributed by atoms with Crippen LogP contribution >= 0.6 is 11.3 Å². The molecule has 4 amide bonds. The Morgan fingerprint density at radius 1 is 1.15 bits per heavy atom. The number of imide groups is 1. The second kappa shape index (κ2) is 8.51. The molecule has 0 radical (unpaired) electrons. The number of nitrogens with zero attached hydrogens (tertiary/aromatic N) is 4. The van der Waals surface area contributed by atoms with E-state index in [0.717, 1.165) is 27.5 Å². The third-order valence-corrected chi connectivity index (χ3v) is 7.26. The van der Waals surface area contributed by atoms with Crippen LogP contribution in [0.2, 0.25) is 0 Å². The summed E-state index contributed by atoms with van der Waals surface area (Å²) in [7, 11) is 3.12. The molecule has 0 saturated carbocycles. The number of hydrogen-bond donors (Lipinski definition) is 0. The lowest BCUT2D eigenvalue weighted by atomic mass is 10.0. The van der Waals surface area contributed by atoms with Crippen LogP contribution in [0.15, 0.2) is 40.8 Å². The van der Waals surface area contributed by atoms with Crippen LogP contribution in [0.4, 0.5) is 4.79 Å². The number of ether oxygens (including phenoxy) is 2. The van der Waals surface area contributed by atoms with Crippen LogP contribution in [-0.2, 0) is 9.59 Å². The van der Waals surface area contributed by atoms with E-state index in [-0.39, 0.29) is 24.5 Å². The highest BCUT2D eigenvalue weighted by Gasteiger charge is 2.48. The lowest BCUT2D eigenvalue weighted by Gasteiger charge is -2.24. The van der Waals surface area contributed by atoms with E-state index in [1.54, 1.807) is 36.5 Å². The Bertz CT molecular complexity index is 1110. The molecule has 9 nitrogen and oxygen atoms in total.